The Morgan fingerprint density at radius 2 is 1.88 bits per heavy atom. The Balaban J connectivity index is 1.28. The van der Waals surface area contributed by atoms with Crippen LogP contribution in [0.15, 0.2) is 29.6 Å². The highest BCUT2D eigenvalue weighted by Crippen LogP contribution is 2.40. The second kappa shape index (κ2) is 6.40. The first-order valence-electron chi connectivity index (χ1n) is 8.34. The molecule has 3 amide bonds. The lowest BCUT2D eigenvalue weighted by atomic mass is 10.1. The number of hydrogen-bond donors (Lipinski definition) is 1. The van der Waals surface area contributed by atoms with E-state index in [4.69, 9.17) is 0 Å². The summed E-state index contributed by atoms with van der Waals surface area (Å²) >= 11 is 1.44. The molecule has 2 aromatic rings. The van der Waals surface area contributed by atoms with E-state index in [9.17, 15) is 14.4 Å². The predicted molar refractivity (Wildman–Crippen MR) is 93.8 cm³/mol. The quantitative estimate of drug-likeness (QED) is 0.808. The van der Waals surface area contributed by atoms with Crippen LogP contribution in [0.5, 0.6) is 0 Å². The SMILES string of the molecule is O=C(CCCN1C(=O)c2ccccc2C1=O)Nc1nc(C2CC2)cs1. The summed E-state index contributed by atoms with van der Waals surface area (Å²) in [5.74, 6) is -0.144. The van der Waals surface area contributed by atoms with Gasteiger partial charge in [-0.15, -0.1) is 11.3 Å². The van der Waals surface area contributed by atoms with Crippen LogP contribution in [-0.4, -0.2) is 34.2 Å². The van der Waals surface area contributed by atoms with Crippen molar-refractivity contribution < 1.29 is 14.4 Å². The third kappa shape index (κ3) is 3.19. The number of benzene rings is 1. The molecule has 1 fully saturated rings. The molecular weight excluding hydrogens is 338 g/mol. The number of aromatic nitrogens is 1. The first kappa shape index (κ1) is 16.0. The fourth-order valence-corrected chi connectivity index (χ4v) is 3.74. The van der Waals surface area contributed by atoms with Crippen LogP contribution in [-0.2, 0) is 4.79 Å². The van der Waals surface area contributed by atoms with E-state index >= 15 is 0 Å². The molecule has 1 aliphatic heterocycles. The molecule has 0 atom stereocenters. The van der Waals surface area contributed by atoms with Crippen LogP contribution in [0.25, 0.3) is 0 Å². The van der Waals surface area contributed by atoms with Crippen molar-refractivity contribution in [3.63, 3.8) is 0 Å². The van der Waals surface area contributed by atoms with Crippen molar-refractivity contribution in [2.45, 2.75) is 31.6 Å². The van der Waals surface area contributed by atoms with Gasteiger partial charge >= 0.3 is 0 Å². The van der Waals surface area contributed by atoms with E-state index in [0.29, 0.717) is 28.6 Å². The molecule has 2 aliphatic rings. The van der Waals surface area contributed by atoms with Gasteiger partial charge in [0.2, 0.25) is 5.91 Å². The number of fused-ring (bicyclic) bond motifs is 1. The van der Waals surface area contributed by atoms with Crippen LogP contribution in [0.2, 0.25) is 0 Å². The molecule has 128 valence electrons. The summed E-state index contributed by atoms with van der Waals surface area (Å²) in [6.07, 6.45) is 3.03. The van der Waals surface area contributed by atoms with Gasteiger partial charge in [-0.1, -0.05) is 12.1 Å². The van der Waals surface area contributed by atoms with Gasteiger partial charge in [-0.05, 0) is 31.4 Å². The van der Waals surface area contributed by atoms with Crippen LogP contribution in [0.3, 0.4) is 0 Å². The average molecular weight is 355 g/mol. The lowest BCUT2D eigenvalue weighted by molar-refractivity contribution is -0.116. The van der Waals surface area contributed by atoms with Crippen molar-refractivity contribution in [1.29, 1.82) is 0 Å². The zero-order valence-electron chi connectivity index (χ0n) is 13.5. The summed E-state index contributed by atoms with van der Waals surface area (Å²) in [6, 6.07) is 6.79. The van der Waals surface area contributed by atoms with E-state index in [1.807, 2.05) is 5.38 Å². The fraction of sp³-hybridized carbons (Fsp3) is 0.333. The van der Waals surface area contributed by atoms with E-state index in [-0.39, 0.29) is 30.7 Å². The number of amides is 3. The standard InChI is InChI=1S/C18H17N3O3S/c22-15(20-18-19-14(10-25-18)11-7-8-11)6-3-9-21-16(23)12-4-1-2-5-13(12)17(21)24/h1-2,4-5,10-11H,3,6-9H2,(H,19,20,22). The Morgan fingerprint density at radius 1 is 1.20 bits per heavy atom. The first-order chi connectivity index (χ1) is 12.1. The summed E-state index contributed by atoms with van der Waals surface area (Å²) in [4.78, 5) is 42.1. The Morgan fingerprint density at radius 3 is 2.52 bits per heavy atom. The van der Waals surface area contributed by atoms with E-state index in [1.54, 1.807) is 24.3 Å². The van der Waals surface area contributed by atoms with Crippen molar-refractivity contribution >= 4 is 34.2 Å². The van der Waals surface area contributed by atoms with Gasteiger partial charge < -0.3 is 5.32 Å². The van der Waals surface area contributed by atoms with Crippen LogP contribution < -0.4 is 5.32 Å². The van der Waals surface area contributed by atoms with E-state index in [2.05, 4.69) is 10.3 Å². The summed E-state index contributed by atoms with van der Waals surface area (Å²) in [5.41, 5.74) is 1.94. The van der Waals surface area contributed by atoms with Crippen molar-refractivity contribution in [3.05, 3.63) is 46.5 Å². The van der Waals surface area contributed by atoms with Crippen molar-refractivity contribution in [1.82, 2.24) is 9.88 Å². The van der Waals surface area contributed by atoms with Crippen LogP contribution in [0.1, 0.15) is 58.0 Å². The molecule has 0 saturated heterocycles. The normalized spacial score (nSPS) is 16.2. The van der Waals surface area contributed by atoms with Gasteiger partial charge in [0.25, 0.3) is 11.8 Å². The number of hydrogen-bond acceptors (Lipinski definition) is 5. The molecule has 0 unspecified atom stereocenters. The van der Waals surface area contributed by atoms with Gasteiger partial charge in [0.1, 0.15) is 0 Å². The highest BCUT2D eigenvalue weighted by atomic mass is 32.1. The zero-order valence-corrected chi connectivity index (χ0v) is 14.3. The number of nitrogens with one attached hydrogen (secondary N) is 1. The molecule has 1 saturated carbocycles. The monoisotopic (exact) mass is 355 g/mol. The third-order valence-corrected chi connectivity index (χ3v) is 5.20. The summed E-state index contributed by atoms with van der Waals surface area (Å²) < 4.78 is 0. The smallest absolute Gasteiger partial charge is 0.261 e. The Kier molecular flexibility index (Phi) is 4.09. The lowest BCUT2D eigenvalue weighted by Crippen LogP contribution is -2.31. The third-order valence-electron chi connectivity index (χ3n) is 4.43. The maximum Gasteiger partial charge on any atom is 0.261 e. The minimum atomic E-state index is -0.282. The van der Waals surface area contributed by atoms with Crippen LogP contribution in [0.4, 0.5) is 5.13 Å². The molecule has 1 aromatic carbocycles. The predicted octanol–water partition coefficient (Wildman–Crippen LogP) is 3.04. The van der Waals surface area contributed by atoms with Crippen LogP contribution >= 0.6 is 11.3 Å². The second-order valence-electron chi connectivity index (χ2n) is 6.31. The molecule has 0 bridgehead atoms. The second-order valence-corrected chi connectivity index (χ2v) is 7.17. The molecule has 2 heterocycles. The molecule has 1 aliphatic carbocycles. The maximum absolute atomic E-state index is 12.2. The maximum atomic E-state index is 12.2. The summed E-state index contributed by atoms with van der Waals surface area (Å²) in [5, 5.41) is 5.40. The van der Waals surface area contributed by atoms with Crippen molar-refractivity contribution in [2.75, 3.05) is 11.9 Å². The van der Waals surface area contributed by atoms with Gasteiger partial charge in [0.05, 0.1) is 16.8 Å². The number of imide groups is 1. The lowest BCUT2D eigenvalue weighted by Gasteiger charge is -2.13. The zero-order chi connectivity index (χ0) is 17.4. The molecule has 1 aromatic heterocycles. The van der Waals surface area contributed by atoms with Gasteiger partial charge in [0, 0.05) is 24.3 Å². The first-order valence-corrected chi connectivity index (χ1v) is 9.22. The summed E-state index contributed by atoms with van der Waals surface area (Å²) in [7, 11) is 0. The topological polar surface area (TPSA) is 79.4 Å². The van der Waals surface area contributed by atoms with Crippen molar-refractivity contribution in [2.24, 2.45) is 0 Å². The molecular formula is C18H17N3O3S. The molecule has 0 radical (unpaired) electrons. The fourth-order valence-electron chi connectivity index (χ4n) is 2.93. The number of nitrogens with zero attached hydrogens (tertiary/aromatic N) is 2. The number of anilines is 1. The molecule has 4 rings (SSSR count). The Hall–Kier alpha value is -2.54. The number of thiazole rings is 1. The molecule has 6 nitrogen and oxygen atoms in total. The van der Waals surface area contributed by atoms with Gasteiger partial charge in [-0.3, -0.25) is 19.3 Å². The largest absolute Gasteiger partial charge is 0.302 e. The van der Waals surface area contributed by atoms with E-state index in [0.717, 1.165) is 5.69 Å². The molecule has 7 heteroatoms. The van der Waals surface area contributed by atoms with Crippen LogP contribution in [0, 0.1) is 0 Å². The molecule has 25 heavy (non-hydrogen) atoms. The van der Waals surface area contributed by atoms with Gasteiger partial charge in [-0.25, -0.2) is 4.98 Å². The number of carbonyl (C=O) groups excluding carboxylic acids is 3. The van der Waals surface area contributed by atoms with Gasteiger partial charge in [0.15, 0.2) is 5.13 Å². The van der Waals surface area contributed by atoms with Gasteiger partial charge in [-0.2, -0.15) is 0 Å². The molecule has 1 N–H and O–H groups in total. The summed E-state index contributed by atoms with van der Waals surface area (Å²) in [6.45, 7) is 0.241. The highest BCUT2D eigenvalue weighted by molar-refractivity contribution is 7.13. The minimum absolute atomic E-state index is 0.145. The Bertz CT molecular complexity index is 822. The van der Waals surface area contributed by atoms with E-state index in [1.165, 1.54) is 29.1 Å². The number of rotatable bonds is 6. The van der Waals surface area contributed by atoms with E-state index < -0.39 is 0 Å². The minimum Gasteiger partial charge on any atom is -0.302 e. The van der Waals surface area contributed by atoms with Crippen molar-refractivity contribution in [3.8, 4) is 0 Å². The molecule has 0 spiro atoms. The Labute approximate surface area is 148 Å². The number of carbonyl (C=O) groups is 3. The highest BCUT2D eigenvalue weighted by Gasteiger charge is 2.34. The average Bonchev–Trinajstić information content (AvgIpc) is 3.32.